The Morgan fingerprint density at radius 2 is 1.92 bits per heavy atom. The van der Waals surface area contributed by atoms with E-state index in [1.54, 1.807) is 27.9 Å². The van der Waals surface area contributed by atoms with Crippen LogP contribution in [0.5, 0.6) is 5.75 Å². The van der Waals surface area contributed by atoms with Gasteiger partial charge in [0.25, 0.3) is 0 Å². The molecule has 0 unspecified atom stereocenters. The maximum atomic E-state index is 12.3. The molecule has 7 nitrogen and oxygen atoms in total. The normalized spacial score (nSPS) is 10.7. The Labute approximate surface area is 145 Å². The molecule has 0 aliphatic carbocycles. The highest BCUT2D eigenvalue weighted by atomic mass is 16.5. The molecule has 0 aliphatic heterocycles. The van der Waals surface area contributed by atoms with E-state index in [1.807, 2.05) is 24.3 Å². The predicted molar refractivity (Wildman–Crippen MR) is 93.5 cm³/mol. The van der Waals surface area contributed by atoms with E-state index in [4.69, 9.17) is 13.9 Å². The molecule has 3 aromatic rings. The number of fused-ring (bicyclic) bond motifs is 1. The minimum atomic E-state index is -0.455. The fraction of sp³-hybridized carbons (Fsp3) is 0.278. The van der Waals surface area contributed by atoms with Crippen LogP contribution >= 0.6 is 0 Å². The smallest absolute Gasteiger partial charge is 0.342 e. The number of carbonyl (C=O) groups is 1. The van der Waals surface area contributed by atoms with E-state index >= 15 is 0 Å². The average molecular weight is 341 g/mol. The largest absolute Gasteiger partial charge is 0.497 e. The Balaban J connectivity index is 2.10. The number of aromatic nitrogens is 2. The van der Waals surface area contributed by atoms with Gasteiger partial charge in [0.15, 0.2) is 0 Å². The van der Waals surface area contributed by atoms with Crippen molar-refractivity contribution in [3.8, 4) is 5.75 Å². The number of methoxy groups -OCH3 is 1. The number of anilines is 2. The lowest BCUT2D eigenvalue weighted by Gasteiger charge is -2.09. The molecular weight excluding hydrogens is 322 g/mol. The minimum absolute atomic E-state index is 0.277. The summed E-state index contributed by atoms with van der Waals surface area (Å²) in [4.78, 5) is 21.0. The first kappa shape index (κ1) is 16.8. The summed E-state index contributed by atoms with van der Waals surface area (Å²) in [6.07, 6.45) is 0. The van der Waals surface area contributed by atoms with Gasteiger partial charge >= 0.3 is 5.97 Å². The molecule has 0 saturated heterocycles. The third-order valence-electron chi connectivity index (χ3n) is 3.67. The number of hydrogen-bond acceptors (Lipinski definition) is 7. The Morgan fingerprint density at radius 1 is 1.20 bits per heavy atom. The molecule has 3 rings (SSSR count). The van der Waals surface area contributed by atoms with Gasteiger partial charge in [0.1, 0.15) is 28.7 Å². The van der Waals surface area contributed by atoms with Crippen LogP contribution in [0.25, 0.3) is 11.1 Å². The Hall–Kier alpha value is -3.09. The number of hydrogen-bond donors (Lipinski definition) is 1. The van der Waals surface area contributed by atoms with Gasteiger partial charge in [-0.1, -0.05) is 0 Å². The van der Waals surface area contributed by atoms with Crippen LogP contribution in [0, 0.1) is 13.8 Å². The maximum Gasteiger partial charge on any atom is 0.342 e. The lowest BCUT2D eigenvalue weighted by atomic mass is 10.1. The van der Waals surface area contributed by atoms with Gasteiger partial charge in [-0.05, 0) is 45.0 Å². The number of nitrogens with one attached hydrogen (secondary N) is 1. The number of ether oxygens (including phenoxy) is 2. The minimum Gasteiger partial charge on any atom is -0.497 e. The van der Waals surface area contributed by atoms with E-state index in [1.165, 1.54) is 0 Å². The molecule has 130 valence electrons. The number of nitrogens with zero attached hydrogens (tertiary/aromatic N) is 2. The van der Waals surface area contributed by atoms with Crippen LogP contribution in [-0.4, -0.2) is 29.7 Å². The lowest BCUT2D eigenvalue weighted by Crippen LogP contribution is -2.07. The van der Waals surface area contributed by atoms with Crippen molar-refractivity contribution in [2.45, 2.75) is 20.8 Å². The molecule has 0 amide bonds. The highest BCUT2D eigenvalue weighted by molar-refractivity contribution is 6.08. The summed E-state index contributed by atoms with van der Waals surface area (Å²) >= 11 is 0. The first-order valence-corrected chi connectivity index (χ1v) is 7.89. The van der Waals surface area contributed by atoms with E-state index in [0.29, 0.717) is 34.1 Å². The number of carbonyl (C=O) groups excluding carboxylic acids is 1. The molecule has 0 atom stereocenters. The number of furan rings is 1. The van der Waals surface area contributed by atoms with E-state index in [-0.39, 0.29) is 6.61 Å². The zero-order valence-corrected chi connectivity index (χ0v) is 14.5. The van der Waals surface area contributed by atoms with Gasteiger partial charge < -0.3 is 19.2 Å². The van der Waals surface area contributed by atoms with Crippen molar-refractivity contribution in [3.63, 3.8) is 0 Å². The number of esters is 1. The van der Waals surface area contributed by atoms with Crippen LogP contribution < -0.4 is 10.1 Å². The fourth-order valence-electron chi connectivity index (χ4n) is 2.57. The van der Waals surface area contributed by atoms with Crippen LogP contribution in [0.3, 0.4) is 0 Å². The predicted octanol–water partition coefficient (Wildman–Crippen LogP) is 3.77. The Bertz CT molecular complexity index is 916. The molecule has 0 fully saturated rings. The van der Waals surface area contributed by atoms with Crippen molar-refractivity contribution in [2.24, 2.45) is 0 Å². The van der Waals surface area contributed by atoms with E-state index in [0.717, 1.165) is 11.4 Å². The molecule has 0 radical (unpaired) electrons. The zero-order valence-electron chi connectivity index (χ0n) is 14.5. The van der Waals surface area contributed by atoms with Crippen LogP contribution in [0.4, 0.5) is 11.5 Å². The zero-order chi connectivity index (χ0) is 18.0. The summed E-state index contributed by atoms with van der Waals surface area (Å²) in [6.45, 7) is 5.51. The molecule has 25 heavy (non-hydrogen) atoms. The summed E-state index contributed by atoms with van der Waals surface area (Å²) in [5, 5.41) is 3.73. The van der Waals surface area contributed by atoms with Gasteiger partial charge in [-0.25, -0.2) is 9.78 Å². The fourth-order valence-corrected chi connectivity index (χ4v) is 2.57. The highest BCUT2D eigenvalue weighted by Crippen LogP contribution is 2.32. The molecule has 2 aromatic heterocycles. The Kier molecular flexibility index (Phi) is 4.56. The molecular formula is C18H19N3O4. The van der Waals surface area contributed by atoms with E-state index in [9.17, 15) is 4.79 Å². The number of aryl methyl sites for hydroxylation is 2. The first-order valence-electron chi connectivity index (χ1n) is 7.89. The van der Waals surface area contributed by atoms with Gasteiger partial charge in [-0.2, -0.15) is 4.98 Å². The van der Waals surface area contributed by atoms with Gasteiger partial charge in [0, 0.05) is 5.69 Å². The molecule has 0 bridgehead atoms. The molecule has 2 heterocycles. The van der Waals surface area contributed by atoms with Crippen molar-refractivity contribution >= 4 is 28.6 Å². The van der Waals surface area contributed by atoms with Crippen LogP contribution in [0.15, 0.2) is 28.7 Å². The summed E-state index contributed by atoms with van der Waals surface area (Å²) in [5.41, 5.74) is 1.49. The third-order valence-corrected chi connectivity index (χ3v) is 3.67. The second-order valence-electron chi connectivity index (χ2n) is 5.41. The second kappa shape index (κ2) is 6.80. The van der Waals surface area contributed by atoms with Crippen molar-refractivity contribution in [2.75, 3.05) is 19.0 Å². The lowest BCUT2D eigenvalue weighted by molar-refractivity contribution is 0.0526. The molecule has 0 saturated carbocycles. The van der Waals surface area contributed by atoms with Gasteiger partial charge in [-0.3, -0.25) is 0 Å². The molecule has 0 spiro atoms. The second-order valence-corrected chi connectivity index (χ2v) is 5.41. The summed E-state index contributed by atoms with van der Waals surface area (Å²) in [6, 6.07) is 7.39. The molecule has 1 N–H and O–H groups in total. The maximum absolute atomic E-state index is 12.3. The monoisotopic (exact) mass is 341 g/mol. The summed E-state index contributed by atoms with van der Waals surface area (Å²) < 4.78 is 16.0. The third kappa shape index (κ3) is 3.26. The van der Waals surface area contributed by atoms with Crippen molar-refractivity contribution in [1.29, 1.82) is 0 Å². The molecule has 1 aromatic carbocycles. The SMILES string of the molecule is CCOC(=O)c1c(C)oc2nc(C)nc(Nc3ccc(OC)cc3)c12. The van der Waals surface area contributed by atoms with Gasteiger partial charge in [0.2, 0.25) is 5.71 Å². The van der Waals surface area contributed by atoms with Crippen molar-refractivity contribution in [1.82, 2.24) is 9.97 Å². The van der Waals surface area contributed by atoms with Crippen LogP contribution in [0.2, 0.25) is 0 Å². The molecule has 7 heteroatoms. The highest BCUT2D eigenvalue weighted by Gasteiger charge is 2.24. The number of rotatable bonds is 5. The topological polar surface area (TPSA) is 86.5 Å². The summed E-state index contributed by atoms with van der Waals surface area (Å²) in [5.74, 6) is 1.77. The van der Waals surface area contributed by atoms with E-state index in [2.05, 4.69) is 15.3 Å². The summed E-state index contributed by atoms with van der Waals surface area (Å²) in [7, 11) is 1.61. The van der Waals surface area contributed by atoms with Gasteiger partial charge in [-0.15, -0.1) is 0 Å². The van der Waals surface area contributed by atoms with Crippen molar-refractivity contribution < 1.29 is 18.7 Å². The van der Waals surface area contributed by atoms with Crippen molar-refractivity contribution in [3.05, 3.63) is 41.4 Å². The van der Waals surface area contributed by atoms with Gasteiger partial charge in [0.05, 0.1) is 19.1 Å². The quantitative estimate of drug-likeness (QED) is 0.707. The Morgan fingerprint density at radius 3 is 2.56 bits per heavy atom. The molecule has 0 aliphatic rings. The standard InChI is InChI=1S/C18H19N3O4/c1-5-24-18(22)14-10(2)25-17-15(14)16(19-11(3)20-17)21-12-6-8-13(23-4)9-7-12/h6-9H,5H2,1-4H3,(H,19,20,21). The van der Waals surface area contributed by atoms with Crippen LogP contribution in [0.1, 0.15) is 28.9 Å². The van der Waals surface area contributed by atoms with E-state index < -0.39 is 5.97 Å². The average Bonchev–Trinajstić information content (AvgIpc) is 2.91. The number of benzene rings is 1. The first-order chi connectivity index (χ1) is 12.0. The van der Waals surface area contributed by atoms with Crippen LogP contribution in [-0.2, 0) is 4.74 Å².